The summed E-state index contributed by atoms with van der Waals surface area (Å²) in [7, 11) is 0. The van der Waals surface area contributed by atoms with E-state index < -0.39 is 42.1 Å². The van der Waals surface area contributed by atoms with Crippen molar-refractivity contribution in [3.05, 3.63) is 179 Å². The Morgan fingerprint density at radius 2 is 0.840 bits per heavy atom. The van der Waals surface area contributed by atoms with Crippen LogP contribution in [0.25, 0.3) is 0 Å². The largest absolute Gasteiger partial charge is 0.453 e. The number of ether oxygens (including phenoxy) is 5. The van der Waals surface area contributed by atoms with Crippen molar-refractivity contribution in [2.75, 3.05) is 5.33 Å². The number of carbonyl (C=O) groups excluding carboxylic acids is 1. The normalized spacial score (nSPS) is 23.3. The number of rotatable bonds is 15. The maximum atomic E-state index is 13.8. The zero-order valence-corrected chi connectivity index (χ0v) is 29.2. The average Bonchev–Trinajstić information content (AvgIpc) is 3.18. The zero-order chi connectivity index (χ0) is 34.6. The second kappa shape index (κ2) is 17.7. The van der Waals surface area contributed by atoms with Crippen molar-refractivity contribution in [3.63, 3.8) is 0 Å². The molecule has 7 nitrogen and oxygen atoms in total. The standard InChI is InChI=1S/C42H41BrO7/c43-30-42(45)39(49-29-34-22-12-4-13-23-34)37(47-27-32-18-8-2-9-19-32)36(46-26-31-16-6-1-7-17-31)38(48-28-33-20-10-3-11-21-33)40(42)50-41(44)35-24-14-5-15-25-35/h1-25,36-40,45H,26-30H2/t36-,37-,38+,39+,40-,42+/m0/s1. The summed E-state index contributed by atoms with van der Waals surface area (Å²) in [6, 6.07) is 47.8. The molecule has 5 aromatic carbocycles. The second-order valence-electron chi connectivity index (χ2n) is 12.3. The third-order valence-corrected chi connectivity index (χ3v) is 9.71. The Labute approximate surface area is 301 Å². The monoisotopic (exact) mass is 736 g/mol. The van der Waals surface area contributed by atoms with Crippen LogP contribution in [0.5, 0.6) is 0 Å². The van der Waals surface area contributed by atoms with Crippen molar-refractivity contribution >= 4 is 21.9 Å². The molecule has 8 heteroatoms. The van der Waals surface area contributed by atoms with Crippen LogP contribution in [-0.2, 0) is 50.1 Å². The minimum absolute atomic E-state index is 0.00596. The molecule has 0 unspecified atom stereocenters. The lowest BCUT2D eigenvalue weighted by Crippen LogP contribution is -2.74. The van der Waals surface area contributed by atoms with Crippen LogP contribution in [0.3, 0.4) is 0 Å². The van der Waals surface area contributed by atoms with Crippen LogP contribution in [0.2, 0.25) is 0 Å². The van der Waals surface area contributed by atoms with Gasteiger partial charge in [0.15, 0.2) is 6.10 Å². The fourth-order valence-corrected chi connectivity index (χ4v) is 6.83. The van der Waals surface area contributed by atoms with E-state index in [4.69, 9.17) is 23.7 Å². The van der Waals surface area contributed by atoms with Crippen LogP contribution in [0.4, 0.5) is 0 Å². The summed E-state index contributed by atoms with van der Waals surface area (Å²) >= 11 is 3.59. The third-order valence-electron chi connectivity index (χ3n) is 8.82. The van der Waals surface area contributed by atoms with Crippen LogP contribution in [-0.4, -0.2) is 52.5 Å². The summed E-state index contributed by atoms with van der Waals surface area (Å²) in [5, 5.41) is 12.8. The van der Waals surface area contributed by atoms with Crippen LogP contribution in [0.15, 0.2) is 152 Å². The number of benzene rings is 5. The summed E-state index contributed by atoms with van der Waals surface area (Å²) in [4.78, 5) is 13.8. The molecule has 0 spiro atoms. The summed E-state index contributed by atoms with van der Waals surface area (Å²) in [6.07, 6.45) is -4.89. The first-order valence-corrected chi connectivity index (χ1v) is 17.8. The van der Waals surface area contributed by atoms with Crippen LogP contribution in [0.1, 0.15) is 32.6 Å². The molecule has 0 aliphatic heterocycles. The molecule has 1 saturated carbocycles. The highest BCUT2D eigenvalue weighted by Crippen LogP contribution is 2.41. The Hall–Kier alpha value is -4.15. The van der Waals surface area contributed by atoms with Gasteiger partial charge in [-0.25, -0.2) is 4.79 Å². The molecule has 1 N–H and O–H groups in total. The Balaban J connectivity index is 1.43. The van der Waals surface area contributed by atoms with Crippen molar-refractivity contribution in [1.82, 2.24) is 0 Å². The van der Waals surface area contributed by atoms with E-state index in [-0.39, 0.29) is 31.8 Å². The van der Waals surface area contributed by atoms with Gasteiger partial charge >= 0.3 is 5.97 Å². The second-order valence-corrected chi connectivity index (χ2v) is 12.9. The SMILES string of the molecule is O=C(O[C@H]1[C@H](OCc2ccccc2)[C@@H](OCc2ccccc2)[C@H](OCc2ccccc2)[C@@H](OCc2ccccc2)[C@]1(O)CBr)c1ccccc1. The van der Waals surface area contributed by atoms with Gasteiger partial charge in [-0.1, -0.05) is 155 Å². The third kappa shape index (κ3) is 8.95. The van der Waals surface area contributed by atoms with Gasteiger partial charge in [-0.2, -0.15) is 0 Å². The zero-order valence-electron chi connectivity index (χ0n) is 27.6. The molecule has 5 aromatic rings. The Kier molecular flexibility index (Phi) is 12.6. The molecule has 0 bridgehead atoms. The minimum atomic E-state index is -1.81. The highest BCUT2D eigenvalue weighted by atomic mass is 79.9. The van der Waals surface area contributed by atoms with Gasteiger partial charge < -0.3 is 28.8 Å². The number of halogens is 1. The summed E-state index contributed by atoms with van der Waals surface area (Å²) < 4.78 is 33.1. The Bertz CT molecular complexity index is 1730. The summed E-state index contributed by atoms with van der Waals surface area (Å²) in [5.41, 5.74) is 2.24. The van der Waals surface area contributed by atoms with E-state index in [2.05, 4.69) is 15.9 Å². The number of alkyl halides is 1. The van der Waals surface area contributed by atoms with Gasteiger partial charge in [0.05, 0.1) is 32.0 Å². The van der Waals surface area contributed by atoms with Crippen LogP contribution < -0.4 is 0 Å². The van der Waals surface area contributed by atoms with E-state index >= 15 is 0 Å². The smallest absolute Gasteiger partial charge is 0.338 e. The first-order chi connectivity index (χ1) is 24.5. The lowest BCUT2D eigenvalue weighted by atomic mass is 9.75. The van der Waals surface area contributed by atoms with Gasteiger partial charge in [0, 0.05) is 5.33 Å². The highest BCUT2D eigenvalue weighted by Gasteiger charge is 2.63. The Morgan fingerprint density at radius 3 is 1.24 bits per heavy atom. The molecule has 0 saturated heterocycles. The van der Waals surface area contributed by atoms with Gasteiger partial charge in [-0.3, -0.25) is 0 Å². The topological polar surface area (TPSA) is 83.5 Å². The van der Waals surface area contributed by atoms with Crippen LogP contribution >= 0.6 is 15.9 Å². The molecule has 1 fully saturated rings. The van der Waals surface area contributed by atoms with Crippen LogP contribution in [0, 0.1) is 0 Å². The van der Waals surface area contributed by atoms with Gasteiger partial charge in [0.1, 0.15) is 30.0 Å². The predicted molar refractivity (Wildman–Crippen MR) is 194 cm³/mol. The number of carbonyl (C=O) groups is 1. The average molecular weight is 738 g/mol. The van der Waals surface area contributed by atoms with Crippen molar-refractivity contribution in [3.8, 4) is 0 Å². The molecule has 50 heavy (non-hydrogen) atoms. The van der Waals surface area contributed by atoms with E-state index in [0.29, 0.717) is 5.56 Å². The van der Waals surface area contributed by atoms with Gasteiger partial charge in [0.2, 0.25) is 0 Å². The summed E-state index contributed by atoms with van der Waals surface area (Å²) in [5.74, 6) is -0.601. The molecule has 258 valence electrons. The molecule has 1 aliphatic carbocycles. The summed E-state index contributed by atoms with van der Waals surface area (Å²) in [6.45, 7) is 0.793. The number of aliphatic hydroxyl groups is 1. The predicted octanol–water partition coefficient (Wildman–Crippen LogP) is 7.69. The highest BCUT2D eigenvalue weighted by molar-refractivity contribution is 9.09. The number of hydrogen-bond acceptors (Lipinski definition) is 7. The maximum Gasteiger partial charge on any atom is 0.338 e. The molecule has 1 aliphatic rings. The van der Waals surface area contributed by atoms with Gasteiger partial charge in [0.25, 0.3) is 0 Å². The lowest BCUT2D eigenvalue weighted by Gasteiger charge is -2.53. The van der Waals surface area contributed by atoms with E-state index in [1.54, 1.807) is 24.3 Å². The molecule has 0 amide bonds. The van der Waals surface area contributed by atoms with Crippen molar-refractivity contribution in [2.24, 2.45) is 0 Å². The molecule has 0 radical (unpaired) electrons. The van der Waals surface area contributed by atoms with Crippen molar-refractivity contribution < 1.29 is 33.6 Å². The maximum absolute atomic E-state index is 13.8. The fourth-order valence-electron chi connectivity index (χ4n) is 6.19. The lowest BCUT2D eigenvalue weighted by molar-refractivity contribution is -0.300. The quantitative estimate of drug-likeness (QED) is 0.0872. The van der Waals surface area contributed by atoms with Crippen molar-refractivity contribution in [1.29, 1.82) is 0 Å². The fraction of sp³-hybridized carbons (Fsp3) is 0.262. The van der Waals surface area contributed by atoms with E-state index in [1.165, 1.54) is 0 Å². The minimum Gasteiger partial charge on any atom is -0.453 e. The first kappa shape index (κ1) is 35.7. The Morgan fingerprint density at radius 1 is 0.500 bits per heavy atom. The number of hydrogen-bond donors (Lipinski definition) is 1. The van der Waals surface area contributed by atoms with E-state index in [9.17, 15) is 9.90 Å². The number of esters is 1. The molecule has 0 heterocycles. The van der Waals surface area contributed by atoms with Gasteiger partial charge in [-0.15, -0.1) is 0 Å². The first-order valence-electron chi connectivity index (χ1n) is 16.7. The van der Waals surface area contributed by atoms with E-state index in [1.807, 2.05) is 127 Å². The molecular weight excluding hydrogens is 696 g/mol. The van der Waals surface area contributed by atoms with Gasteiger partial charge in [-0.05, 0) is 34.4 Å². The van der Waals surface area contributed by atoms with E-state index in [0.717, 1.165) is 22.3 Å². The molecule has 6 atom stereocenters. The molecule has 6 rings (SSSR count). The van der Waals surface area contributed by atoms with Crippen molar-refractivity contribution in [2.45, 2.75) is 62.5 Å². The molecule has 0 aromatic heterocycles. The molecular formula is C42H41BrO7.